The molecule has 0 aromatic carbocycles. The molecule has 0 heterocycles. The van der Waals surface area contributed by atoms with Crippen LogP contribution in [0.5, 0.6) is 0 Å². The quantitative estimate of drug-likeness (QED) is 0.442. The molecule has 4 nitrogen and oxygen atoms in total. The second kappa shape index (κ2) is 6.23. The summed E-state index contributed by atoms with van der Waals surface area (Å²) in [6, 6.07) is 0. The Morgan fingerprint density at radius 2 is 2.14 bits per heavy atom. The molecule has 5 heteroatoms. The van der Waals surface area contributed by atoms with Gasteiger partial charge in [-0.3, -0.25) is 3.53 Å². The van der Waals surface area contributed by atoms with E-state index in [0.717, 1.165) is 25.7 Å². The molecule has 1 amide bonds. The fraction of sp³-hybridized carbons (Fsp3) is 0.667. The van der Waals surface area contributed by atoms with Crippen LogP contribution >= 0.6 is 22.9 Å². The minimum atomic E-state index is -0.435. The smallest absolute Gasteiger partial charge is 0.416 e. The lowest BCUT2D eigenvalue weighted by molar-refractivity contribution is 0.116. The molecule has 14 heavy (non-hydrogen) atoms. The van der Waals surface area contributed by atoms with Crippen LogP contribution in [0.15, 0.2) is 12.2 Å². The van der Waals surface area contributed by atoms with Crippen molar-refractivity contribution < 1.29 is 14.6 Å². The first-order valence-electron chi connectivity index (χ1n) is 4.66. The summed E-state index contributed by atoms with van der Waals surface area (Å²) in [6.07, 6.45) is 5.98. The summed E-state index contributed by atoms with van der Waals surface area (Å²) in [7, 11) is 0. The molecule has 0 saturated heterocycles. The van der Waals surface area contributed by atoms with Gasteiger partial charge in [0.2, 0.25) is 0 Å². The number of nitrogens with one attached hydrogen (secondary N) is 1. The Balaban J connectivity index is 2.45. The van der Waals surface area contributed by atoms with Crippen molar-refractivity contribution >= 4 is 29.0 Å². The molecule has 0 saturated carbocycles. The van der Waals surface area contributed by atoms with Crippen LogP contribution in [-0.2, 0) is 4.74 Å². The molecule has 1 rings (SSSR count). The summed E-state index contributed by atoms with van der Waals surface area (Å²) in [6.45, 7) is 0. The molecule has 0 aromatic rings. The highest BCUT2D eigenvalue weighted by molar-refractivity contribution is 14.1. The number of halogens is 1. The third kappa shape index (κ3) is 4.28. The second-order valence-corrected chi connectivity index (χ2v) is 3.81. The Labute approximate surface area is 97.2 Å². The molecule has 0 fully saturated rings. The molecule has 80 valence electrons. The maximum absolute atomic E-state index is 10.9. The predicted octanol–water partition coefficient (Wildman–Crippen LogP) is 1.92. The normalized spacial score (nSPS) is 29.9. The number of carbonyl (C=O) groups is 1. The van der Waals surface area contributed by atoms with E-state index in [-0.39, 0.29) is 6.10 Å². The molecule has 2 N–H and O–H groups in total. The zero-order valence-corrected chi connectivity index (χ0v) is 9.94. The Morgan fingerprint density at radius 1 is 1.43 bits per heavy atom. The van der Waals surface area contributed by atoms with E-state index < -0.39 is 12.2 Å². The molecule has 1 aliphatic rings. The Kier molecular flexibility index (Phi) is 5.24. The second-order valence-electron chi connectivity index (χ2n) is 3.27. The van der Waals surface area contributed by atoms with Crippen LogP contribution in [0.1, 0.15) is 25.7 Å². The van der Waals surface area contributed by atoms with Crippen molar-refractivity contribution in [2.75, 3.05) is 0 Å². The highest BCUT2D eigenvalue weighted by Crippen LogP contribution is 2.14. The number of hydrogen-bond donors (Lipinski definition) is 2. The van der Waals surface area contributed by atoms with Crippen LogP contribution in [0.3, 0.4) is 0 Å². The Morgan fingerprint density at radius 3 is 2.86 bits per heavy atom. The number of carbonyl (C=O) groups excluding carboxylic acids is 1. The molecular formula is C9H14INO3. The van der Waals surface area contributed by atoms with Crippen molar-refractivity contribution in [1.82, 2.24) is 3.53 Å². The summed E-state index contributed by atoms with van der Waals surface area (Å²) in [4.78, 5) is 10.9. The number of amides is 1. The fourth-order valence-corrected chi connectivity index (χ4v) is 1.53. The van der Waals surface area contributed by atoms with Crippen molar-refractivity contribution in [3.8, 4) is 0 Å². The monoisotopic (exact) mass is 311 g/mol. The number of hydrogen-bond acceptors (Lipinski definition) is 3. The molecule has 0 radical (unpaired) electrons. The van der Waals surface area contributed by atoms with E-state index in [0.29, 0.717) is 0 Å². The van der Waals surface area contributed by atoms with Crippen LogP contribution in [-0.4, -0.2) is 23.4 Å². The maximum atomic E-state index is 10.9. The van der Waals surface area contributed by atoms with Crippen molar-refractivity contribution in [2.45, 2.75) is 37.9 Å². The lowest BCUT2D eigenvalue weighted by Gasteiger charge is -2.17. The summed E-state index contributed by atoms with van der Waals surface area (Å²) in [5.74, 6) is 0. The molecule has 1 aliphatic carbocycles. The standard InChI is InChI=1S/C9H14INO3/c10-11-9(13)14-8-4-2-1-3-7(12)5-6-8/h5-8,12H,1-4H2,(H,11,13)/b6-5+. The van der Waals surface area contributed by atoms with Gasteiger partial charge in [-0.25, -0.2) is 4.79 Å². The minimum Gasteiger partial charge on any atom is -0.442 e. The molecule has 0 bridgehead atoms. The Hall–Kier alpha value is -0.300. The van der Waals surface area contributed by atoms with Gasteiger partial charge in [0.15, 0.2) is 0 Å². The topological polar surface area (TPSA) is 58.6 Å². The SMILES string of the molecule is O=C(NI)OC1/C=C/C(O)CCCC1. The lowest BCUT2D eigenvalue weighted by Crippen LogP contribution is -2.22. The summed E-state index contributed by atoms with van der Waals surface area (Å²) in [5, 5.41) is 9.38. The highest BCUT2D eigenvalue weighted by Gasteiger charge is 2.13. The molecule has 0 aliphatic heterocycles. The van der Waals surface area contributed by atoms with Crippen LogP contribution in [0.2, 0.25) is 0 Å². The molecule has 2 unspecified atom stereocenters. The minimum absolute atomic E-state index is 0.209. The van der Waals surface area contributed by atoms with Crippen molar-refractivity contribution in [3.63, 3.8) is 0 Å². The van der Waals surface area contributed by atoms with Gasteiger partial charge in [0.1, 0.15) is 6.10 Å². The largest absolute Gasteiger partial charge is 0.442 e. The van der Waals surface area contributed by atoms with Crippen LogP contribution < -0.4 is 3.53 Å². The first-order chi connectivity index (χ1) is 6.72. The van der Waals surface area contributed by atoms with Gasteiger partial charge >= 0.3 is 6.09 Å². The van der Waals surface area contributed by atoms with E-state index in [4.69, 9.17) is 4.74 Å². The number of aliphatic hydroxyl groups excluding tert-OH is 1. The number of ether oxygens (including phenoxy) is 1. The van der Waals surface area contributed by atoms with E-state index >= 15 is 0 Å². The number of aliphatic hydroxyl groups is 1. The zero-order chi connectivity index (χ0) is 10.4. The van der Waals surface area contributed by atoms with Gasteiger partial charge in [0.05, 0.1) is 29.0 Å². The molecule has 2 atom stereocenters. The number of rotatable bonds is 1. The summed E-state index contributed by atoms with van der Waals surface area (Å²) in [5.41, 5.74) is 0. The van der Waals surface area contributed by atoms with Crippen LogP contribution in [0.4, 0.5) is 4.79 Å². The van der Waals surface area contributed by atoms with Gasteiger partial charge in [-0.1, -0.05) is 12.5 Å². The van der Waals surface area contributed by atoms with Gasteiger partial charge in [0, 0.05) is 0 Å². The average Bonchev–Trinajstić information content (AvgIpc) is 2.16. The van der Waals surface area contributed by atoms with Gasteiger partial charge in [-0.05, 0) is 25.3 Å². The molecule has 0 spiro atoms. The Bertz CT molecular complexity index is 220. The fourth-order valence-electron chi connectivity index (χ4n) is 1.40. The van der Waals surface area contributed by atoms with Gasteiger partial charge in [0.25, 0.3) is 0 Å². The molecular weight excluding hydrogens is 297 g/mol. The average molecular weight is 311 g/mol. The van der Waals surface area contributed by atoms with Crippen molar-refractivity contribution in [2.24, 2.45) is 0 Å². The van der Waals surface area contributed by atoms with E-state index in [1.165, 1.54) is 0 Å². The van der Waals surface area contributed by atoms with Crippen LogP contribution in [0, 0.1) is 0 Å². The predicted molar refractivity (Wildman–Crippen MR) is 61.0 cm³/mol. The van der Waals surface area contributed by atoms with Gasteiger partial charge in [-0.15, -0.1) is 0 Å². The summed E-state index contributed by atoms with van der Waals surface area (Å²) < 4.78 is 7.44. The van der Waals surface area contributed by atoms with E-state index in [2.05, 4.69) is 3.53 Å². The first-order valence-corrected chi connectivity index (χ1v) is 5.74. The molecule has 0 aromatic heterocycles. The zero-order valence-electron chi connectivity index (χ0n) is 7.78. The van der Waals surface area contributed by atoms with Crippen LogP contribution in [0.25, 0.3) is 0 Å². The third-order valence-electron chi connectivity index (χ3n) is 2.12. The lowest BCUT2D eigenvalue weighted by atomic mass is 10.0. The third-order valence-corrected chi connectivity index (χ3v) is 2.56. The van der Waals surface area contributed by atoms with E-state index in [1.807, 2.05) is 0 Å². The van der Waals surface area contributed by atoms with Crippen molar-refractivity contribution in [3.05, 3.63) is 12.2 Å². The van der Waals surface area contributed by atoms with E-state index in [1.54, 1.807) is 35.0 Å². The summed E-state index contributed by atoms with van der Waals surface area (Å²) >= 11 is 1.73. The first kappa shape index (κ1) is 11.8. The van der Waals surface area contributed by atoms with Gasteiger partial charge < -0.3 is 9.84 Å². The maximum Gasteiger partial charge on any atom is 0.416 e. The van der Waals surface area contributed by atoms with Crippen molar-refractivity contribution in [1.29, 1.82) is 0 Å². The highest BCUT2D eigenvalue weighted by atomic mass is 127. The van der Waals surface area contributed by atoms with Gasteiger partial charge in [-0.2, -0.15) is 0 Å². The van der Waals surface area contributed by atoms with E-state index in [9.17, 15) is 9.90 Å².